The van der Waals surface area contributed by atoms with Crippen LogP contribution >= 0.6 is 0 Å². The van der Waals surface area contributed by atoms with Crippen molar-refractivity contribution in [3.05, 3.63) is 41.9 Å². The van der Waals surface area contributed by atoms with Gasteiger partial charge in [-0.15, -0.1) is 0 Å². The van der Waals surface area contributed by atoms with Crippen molar-refractivity contribution in [3.8, 4) is 0 Å². The molecule has 1 saturated carbocycles. The van der Waals surface area contributed by atoms with Crippen LogP contribution in [-0.4, -0.2) is 27.3 Å². The molecule has 0 aromatic carbocycles. The molecule has 1 aliphatic carbocycles. The molecule has 1 aliphatic rings. The van der Waals surface area contributed by atoms with Crippen LogP contribution < -0.4 is 10.8 Å². The molecular weight excluding hydrogens is 306 g/mol. The van der Waals surface area contributed by atoms with Gasteiger partial charge in [0.25, 0.3) is 0 Å². The summed E-state index contributed by atoms with van der Waals surface area (Å²) in [6.45, 7) is 4.17. The van der Waals surface area contributed by atoms with E-state index < -0.39 is 12.0 Å². The molecular formula is C18H27N3O3. The second-order valence-electron chi connectivity index (χ2n) is 6.47. The molecule has 1 fully saturated rings. The molecule has 132 valence electrons. The second kappa shape index (κ2) is 9.39. The van der Waals surface area contributed by atoms with E-state index in [-0.39, 0.29) is 5.92 Å². The van der Waals surface area contributed by atoms with Crippen molar-refractivity contribution in [2.75, 3.05) is 0 Å². The summed E-state index contributed by atoms with van der Waals surface area (Å²) in [5.41, 5.74) is 4.47. The van der Waals surface area contributed by atoms with Crippen molar-refractivity contribution in [1.82, 2.24) is 15.8 Å². The van der Waals surface area contributed by atoms with Crippen molar-refractivity contribution in [2.24, 2.45) is 5.92 Å². The molecule has 2 rings (SSSR count). The summed E-state index contributed by atoms with van der Waals surface area (Å²) in [4.78, 5) is 15.9. The highest BCUT2D eigenvalue weighted by atomic mass is 16.5. The lowest BCUT2D eigenvalue weighted by molar-refractivity contribution is -0.141. The van der Waals surface area contributed by atoms with Gasteiger partial charge in [0.15, 0.2) is 0 Å². The number of aryl methyl sites for hydroxylation is 1. The van der Waals surface area contributed by atoms with E-state index in [1.807, 2.05) is 17.6 Å². The summed E-state index contributed by atoms with van der Waals surface area (Å²) in [6, 6.07) is 3.41. The van der Waals surface area contributed by atoms with E-state index in [9.17, 15) is 9.90 Å². The van der Waals surface area contributed by atoms with Gasteiger partial charge in [-0.2, -0.15) is 0 Å². The van der Waals surface area contributed by atoms with Crippen molar-refractivity contribution >= 4 is 5.97 Å². The molecule has 0 bridgehead atoms. The van der Waals surface area contributed by atoms with Crippen LogP contribution in [0.3, 0.4) is 0 Å². The predicted molar refractivity (Wildman–Crippen MR) is 91.5 cm³/mol. The van der Waals surface area contributed by atoms with E-state index in [0.717, 1.165) is 36.9 Å². The lowest BCUT2D eigenvalue weighted by atomic mass is 9.84. The van der Waals surface area contributed by atoms with Crippen molar-refractivity contribution in [3.63, 3.8) is 0 Å². The number of carbonyl (C=O) groups is 1. The van der Waals surface area contributed by atoms with Crippen LogP contribution in [0.1, 0.15) is 49.8 Å². The summed E-state index contributed by atoms with van der Waals surface area (Å²) in [7, 11) is 0. The summed E-state index contributed by atoms with van der Waals surface area (Å²) >= 11 is 0. The number of hydrogen-bond donors (Lipinski definition) is 4. The minimum Gasteiger partial charge on any atom is -0.480 e. The van der Waals surface area contributed by atoms with Crippen molar-refractivity contribution in [2.45, 2.75) is 57.5 Å². The first kappa shape index (κ1) is 18.4. The fourth-order valence-electron chi connectivity index (χ4n) is 3.19. The van der Waals surface area contributed by atoms with E-state index >= 15 is 0 Å². The molecule has 1 unspecified atom stereocenters. The normalized spacial score (nSPS) is 16.5. The summed E-state index contributed by atoms with van der Waals surface area (Å²) in [5, 5.41) is 21.4. The Hall–Kier alpha value is -1.92. The van der Waals surface area contributed by atoms with Gasteiger partial charge in [0.2, 0.25) is 0 Å². The van der Waals surface area contributed by atoms with E-state index in [0.29, 0.717) is 25.1 Å². The number of aliphatic carboxylic acids is 1. The molecule has 0 saturated heterocycles. The Morgan fingerprint density at radius 1 is 1.33 bits per heavy atom. The number of carboxylic acids is 1. The number of nitrogens with zero attached hydrogens (tertiary/aromatic N) is 1. The number of allylic oxidation sites excluding steroid dienone is 1. The van der Waals surface area contributed by atoms with E-state index in [1.165, 1.54) is 6.42 Å². The second-order valence-corrected chi connectivity index (χ2v) is 6.47. The van der Waals surface area contributed by atoms with Crippen LogP contribution in [-0.2, 0) is 17.8 Å². The van der Waals surface area contributed by atoms with Crippen LogP contribution in [0.5, 0.6) is 0 Å². The Morgan fingerprint density at radius 2 is 2.08 bits per heavy atom. The van der Waals surface area contributed by atoms with Gasteiger partial charge in [-0.3, -0.25) is 20.5 Å². The first-order chi connectivity index (χ1) is 11.6. The third-order valence-electron chi connectivity index (χ3n) is 4.64. The highest BCUT2D eigenvalue weighted by Crippen LogP contribution is 2.26. The quantitative estimate of drug-likeness (QED) is 0.519. The molecule has 1 aromatic heterocycles. The van der Waals surface area contributed by atoms with E-state index in [1.54, 1.807) is 6.20 Å². The SMILES string of the molecule is C=C(CCc1ccc(CNC(C(=O)O)C2CCCCC2)cn1)NO. The predicted octanol–water partition coefficient (Wildman–Crippen LogP) is 2.63. The third kappa shape index (κ3) is 5.62. The summed E-state index contributed by atoms with van der Waals surface area (Å²) in [6.07, 6.45) is 8.53. The zero-order valence-electron chi connectivity index (χ0n) is 14.0. The van der Waals surface area contributed by atoms with E-state index in [2.05, 4.69) is 16.9 Å². The first-order valence-corrected chi connectivity index (χ1v) is 8.58. The Kier molecular flexibility index (Phi) is 7.21. The highest BCUT2D eigenvalue weighted by molar-refractivity contribution is 5.73. The smallest absolute Gasteiger partial charge is 0.320 e. The molecule has 4 N–H and O–H groups in total. The summed E-state index contributed by atoms with van der Waals surface area (Å²) < 4.78 is 0. The van der Waals surface area contributed by atoms with Gasteiger partial charge in [-0.25, -0.2) is 0 Å². The third-order valence-corrected chi connectivity index (χ3v) is 4.64. The Labute approximate surface area is 143 Å². The van der Waals surface area contributed by atoms with Crippen LogP contribution in [0, 0.1) is 5.92 Å². The Bertz CT molecular complexity index is 539. The number of pyridine rings is 1. The summed E-state index contributed by atoms with van der Waals surface area (Å²) in [5.74, 6) is -0.540. The lowest BCUT2D eigenvalue weighted by Crippen LogP contribution is -2.43. The molecule has 6 heteroatoms. The zero-order valence-corrected chi connectivity index (χ0v) is 14.0. The van der Waals surface area contributed by atoms with Gasteiger partial charge in [0.1, 0.15) is 6.04 Å². The number of aromatic nitrogens is 1. The number of nitrogens with one attached hydrogen (secondary N) is 2. The molecule has 1 atom stereocenters. The van der Waals surface area contributed by atoms with Gasteiger partial charge in [0, 0.05) is 24.1 Å². The maximum absolute atomic E-state index is 11.5. The monoisotopic (exact) mass is 333 g/mol. The largest absolute Gasteiger partial charge is 0.480 e. The van der Waals surface area contributed by atoms with Gasteiger partial charge < -0.3 is 10.4 Å². The average molecular weight is 333 g/mol. The minimum atomic E-state index is -0.763. The molecule has 6 nitrogen and oxygen atoms in total. The first-order valence-electron chi connectivity index (χ1n) is 8.58. The fraction of sp³-hybridized carbons (Fsp3) is 0.556. The molecule has 1 heterocycles. The topological polar surface area (TPSA) is 94.5 Å². The molecule has 0 spiro atoms. The molecule has 0 aliphatic heterocycles. The number of carboxylic acid groups (broad SMARTS) is 1. The molecule has 24 heavy (non-hydrogen) atoms. The molecule has 0 radical (unpaired) electrons. The van der Waals surface area contributed by atoms with Crippen molar-refractivity contribution in [1.29, 1.82) is 0 Å². The Balaban J connectivity index is 1.85. The van der Waals surface area contributed by atoms with Gasteiger partial charge in [-0.05, 0) is 43.2 Å². The van der Waals surface area contributed by atoms with Crippen LogP contribution in [0.15, 0.2) is 30.6 Å². The van der Waals surface area contributed by atoms with Crippen molar-refractivity contribution < 1.29 is 15.1 Å². The fourth-order valence-corrected chi connectivity index (χ4v) is 3.19. The van der Waals surface area contributed by atoms with Crippen LogP contribution in [0.2, 0.25) is 0 Å². The highest BCUT2D eigenvalue weighted by Gasteiger charge is 2.28. The maximum atomic E-state index is 11.5. The average Bonchev–Trinajstić information content (AvgIpc) is 2.61. The molecule has 1 aromatic rings. The van der Waals surface area contributed by atoms with E-state index in [4.69, 9.17) is 5.21 Å². The van der Waals surface area contributed by atoms with Crippen LogP contribution in [0.25, 0.3) is 0 Å². The zero-order chi connectivity index (χ0) is 17.4. The molecule has 0 amide bonds. The lowest BCUT2D eigenvalue weighted by Gasteiger charge is -2.28. The van der Waals surface area contributed by atoms with Gasteiger partial charge in [0.05, 0.1) is 0 Å². The Morgan fingerprint density at radius 3 is 2.67 bits per heavy atom. The van der Waals surface area contributed by atoms with Crippen LogP contribution in [0.4, 0.5) is 0 Å². The number of rotatable bonds is 9. The standard InChI is InChI=1S/C18H27N3O3/c1-13(21-24)7-9-16-10-8-14(11-19-16)12-20-17(18(22)23)15-5-3-2-4-6-15/h8,10-11,15,17,20-21,24H,1-7,9,12H2,(H,22,23). The number of hydroxylamine groups is 1. The maximum Gasteiger partial charge on any atom is 0.320 e. The van der Waals surface area contributed by atoms with Gasteiger partial charge in [-0.1, -0.05) is 31.9 Å². The number of hydrogen-bond acceptors (Lipinski definition) is 5. The minimum absolute atomic E-state index is 0.223. The van der Waals surface area contributed by atoms with Gasteiger partial charge >= 0.3 is 5.97 Å².